The van der Waals surface area contributed by atoms with Gasteiger partial charge in [-0.1, -0.05) is 48.5 Å². The van der Waals surface area contributed by atoms with Crippen LogP contribution in [0.5, 0.6) is 0 Å². The molecule has 0 fully saturated rings. The van der Waals surface area contributed by atoms with Gasteiger partial charge >= 0.3 is 6.03 Å². The summed E-state index contributed by atoms with van der Waals surface area (Å²) in [5, 5.41) is 14.8. The first-order chi connectivity index (χ1) is 12.2. The standard InChI is InChI=1S/C21H24N2O2/c1-13(12-24)23-21(25)22-11-14-10-19-15-6-2-4-8-17(15)20(14)18-9-5-3-7-16(18)19/h2-9,13-14,19-20,24H,10-12H2,1H3,(H2,22,23,25). The third kappa shape index (κ3) is 2.81. The van der Waals surface area contributed by atoms with E-state index in [4.69, 9.17) is 5.11 Å². The Labute approximate surface area is 148 Å². The van der Waals surface area contributed by atoms with Crippen LogP contribution in [0.1, 0.15) is 47.4 Å². The molecule has 0 saturated carbocycles. The Morgan fingerprint density at radius 2 is 1.64 bits per heavy atom. The van der Waals surface area contributed by atoms with Crippen molar-refractivity contribution in [2.45, 2.75) is 31.2 Å². The minimum Gasteiger partial charge on any atom is -0.394 e. The van der Waals surface area contributed by atoms with Crippen molar-refractivity contribution in [1.82, 2.24) is 10.6 Å². The summed E-state index contributed by atoms with van der Waals surface area (Å²) in [5.41, 5.74) is 5.71. The van der Waals surface area contributed by atoms with Gasteiger partial charge in [-0.2, -0.15) is 0 Å². The number of carbonyl (C=O) groups excluding carboxylic acids is 1. The predicted molar refractivity (Wildman–Crippen MR) is 97.8 cm³/mol. The Morgan fingerprint density at radius 1 is 1.08 bits per heavy atom. The first kappa shape index (κ1) is 16.2. The van der Waals surface area contributed by atoms with Gasteiger partial charge in [0.1, 0.15) is 0 Å². The molecule has 3 aliphatic carbocycles. The van der Waals surface area contributed by atoms with Gasteiger partial charge < -0.3 is 15.7 Å². The number of rotatable bonds is 4. The number of hydrogen-bond acceptors (Lipinski definition) is 2. The minimum atomic E-state index is -0.232. The second kappa shape index (κ2) is 6.52. The highest BCUT2D eigenvalue weighted by Crippen LogP contribution is 2.54. The van der Waals surface area contributed by atoms with E-state index in [-0.39, 0.29) is 18.7 Å². The van der Waals surface area contributed by atoms with Gasteiger partial charge in [-0.15, -0.1) is 0 Å². The van der Waals surface area contributed by atoms with Crippen LogP contribution in [0.25, 0.3) is 0 Å². The Morgan fingerprint density at radius 3 is 2.20 bits per heavy atom. The topological polar surface area (TPSA) is 61.4 Å². The van der Waals surface area contributed by atoms with Crippen LogP contribution in [0.2, 0.25) is 0 Å². The first-order valence-corrected chi connectivity index (χ1v) is 9.02. The van der Waals surface area contributed by atoms with E-state index in [0.29, 0.717) is 24.3 Å². The molecule has 2 bridgehead atoms. The maximum atomic E-state index is 12.0. The number of aliphatic hydroxyl groups is 1. The molecule has 2 amide bonds. The zero-order valence-electron chi connectivity index (χ0n) is 14.4. The number of urea groups is 1. The monoisotopic (exact) mass is 336 g/mol. The van der Waals surface area contributed by atoms with Crippen LogP contribution in [-0.2, 0) is 0 Å². The minimum absolute atomic E-state index is 0.0533. The summed E-state index contributed by atoms with van der Waals surface area (Å²) in [6.45, 7) is 2.38. The van der Waals surface area contributed by atoms with Gasteiger partial charge in [-0.3, -0.25) is 0 Å². The summed E-state index contributed by atoms with van der Waals surface area (Å²) in [5.74, 6) is 1.15. The predicted octanol–water partition coefficient (Wildman–Crippen LogP) is 2.96. The maximum absolute atomic E-state index is 12.0. The van der Waals surface area contributed by atoms with Crippen LogP contribution >= 0.6 is 0 Å². The molecule has 3 N–H and O–H groups in total. The molecule has 2 atom stereocenters. The maximum Gasteiger partial charge on any atom is 0.315 e. The van der Waals surface area contributed by atoms with Gasteiger partial charge in [0.25, 0.3) is 0 Å². The number of carbonyl (C=O) groups is 1. The smallest absolute Gasteiger partial charge is 0.315 e. The molecule has 4 nitrogen and oxygen atoms in total. The Kier molecular flexibility index (Phi) is 4.22. The van der Waals surface area contributed by atoms with E-state index >= 15 is 0 Å². The molecule has 25 heavy (non-hydrogen) atoms. The lowest BCUT2D eigenvalue weighted by Gasteiger charge is -2.45. The van der Waals surface area contributed by atoms with Crippen molar-refractivity contribution < 1.29 is 9.90 Å². The first-order valence-electron chi connectivity index (χ1n) is 9.02. The summed E-state index contributed by atoms with van der Waals surface area (Å²) in [6.07, 6.45) is 1.06. The summed E-state index contributed by atoms with van der Waals surface area (Å²) >= 11 is 0. The average molecular weight is 336 g/mol. The molecular weight excluding hydrogens is 312 g/mol. The number of hydrogen-bond donors (Lipinski definition) is 3. The van der Waals surface area contributed by atoms with E-state index in [1.54, 1.807) is 6.92 Å². The number of aliphatic hydroxyl groups excluding tert-OH is 1. The van der Waals surface area contributed by atoms with Crippen LogP contribution in [-0.4, -0.2) is 30.3 Å². The highest BCUT2D eigenvalue weighted by atomic mass is 16.3. The van der Waals surface area contributed by atoms with Crippen LogP contribution < -0.4 is 10.6 Å². The zero-order chi connectivity index (χ0) is 17.4. The summed E-state index contributed by atoms with van der Waals surface area (Å²) in [4.78, 5) is 12.0. The third-order valence-corrected chi connectivity index (χ3v) is 5.60. The van der Waals surface area contributed by atoms with Crippen LogP contribution in [0.15, 0.2) is 48.5 Å². The van der Waals surface area contributed by atoms with Crippen molar-refractivity contribution >= 4 is 6.03 Å². The molecule has 4 heteroatoms. The van der Waals surface area contributed by atoms with Crippen molar-refractivity contribution in [3.63, 3.8) is 0 Å². The Hall–Kier alpha value is -2.33. The summed E-state index contributed by atoms with van der Waals surface area (Å²) < 4.78 is 0. The van der Waals surface area contributed by atoms with Crippen molar-refractivity contribution in [2.75, 3.05) is 13.2 Å². The van der Waals surface area contributed by atoms with Crippen molar-refractivity contribution in [3.8, 4) is 0 Å². The van der Waals surface area contributed by atoms with E-state index in [0.717, 1.165) is 6.42 Å². The Balaban J connectivity index is 1.58. The normalized spacial score (nSPS) is 24.2. The SMILES string of the molecule is CC(CO)NC(=O)NCC1CC2c3ccccc3C1c1ccccc12. The van der Waals surface area contributed by atoms with Crippen LogP contribution in [0.3, 0.4) is 0 Å². The lowest BCUT2D eigenvalue weighted by Crippen LogP contribution is -2.46. The second-order valence-electron chi connectivity index (χ2n) is 7.22. The molecule has 130 valence electrons. The molecule has 5 rings (SSSR count). The van der Waals surface area contributed by atoms with Gasteiger partial charge in [0.15, 0.2) is 0 Å². The lowest BCUT2D eigenvalue weighted by molar-refractivity contribution is 0.217. The summed E-state index contributed by atoms with van der Waals surface area (Å²) in [6, 6.07) is 17.0. The van der Waals surface area contributed by atoms with Crippen molar-refractivity contribution in [2.24, 2.45) is 5.92 Å². The number of benzene rings is 2. The molecule has 0 radical (unpaired) electrons. The largest absolute Gasteiger partial charge is 0.394 e. The van der Waals surface area contributed by atoms with Gasteiger partial charge in [0.05, 0.1) is 12.6 Å². The fourth-order valence-corrected chi connectivity index (χ4v) is 4.50. The molecular formula is C21H24N2O2. The second-order valence-corrected chi connectivity index (χ2v) is 7.22. The summed E-state index contributed by atoms with van der Waals surface area (Å²) in [7, 11) is 0. The van der Waals surface area contributed by atoms with E-state index in [1.807, 2.05) is 0 Å². The average Bonchev–Trinajstić information content (AvgIpc) is 2.66. The van der Waals surface area contributed by atoms with Gasteiger partial charge in [0, 0.05) is 18.4 Å². The van der Waals surface area contributed by atoms with Gasteiger partial charge in [-0.25, -0.2) is 4.79 Å². The molecule has 2 aromatic carbocycles. The van der Waals surface area contributed by atoms with Gasteiger partial charge in [0.2, 0.25) is 0 Å². The molecule has 2 aromatic rings. The molecule has 0 aromatic heterocycles. The molecule has 0 aliphatic heterocycles. The van der Waals surface area contributed by atoms with E-state index < -0.39 is 0 Å². The number of nitrogens with one attached hydrogen (secondary N) is 2. The lowest BCUT2D eigenvalue weighted by atomic mass is 9.59. The highest BCUT2D eigenvalue weighted by Gasteiger charge is 2.42. The zero-order valence-corrected chi connectivity index (χ0v) is 14.4. The quantitative estimate of drug-likeness (QED) is 0.804. The molecule has 0 saturated heterocycles. The third-order valence-electron chi connectivity index (χ3n) is 5.60. The van der Waals surface area contributed by atoms with Crippen LogP contribution in [0, 0.1) is 5.92 Å². The highest BCUT2D eigenvalue weighted by molar-refractivity contribution is 5.74. The van der Waals surface area contributed by atoms with Crippen molar-refractivity contribution in [3.05, 3.63) is 70.8 Å². The molecule has 3 aliphatic rings. The van der Waals surface area contributed by atoms with E-state index in [2.05, 4.69) is 59.2 Å². The molecule has 0 heterocycles. The van der Waals surface area contributed by atoms with E-state index in [1.165, 1.54) is 22.3 Å². The van der Waals surface area contributed by atoms with Gasteiger partial charge in [-0.05, 0) is 41.5 Å². The fraction of sp³-hybridized carbons (Fsp3) is 0.381. The van der Waals surface area contributed by atoms with E-state index in [9.17, 15) is 4.79 Å². The molecule has 2 unspecified atom stereocenters. The Bertz CT molecular complexity index is 741. The van der Waals surface area contributed by atoms with Crippen molar-refractivity contribution in [1.29, 1.82) is 0 Å². The van der Waals surface area contributed by atoms with Crippen LogP contribution in [0.4, 0.5) is 4.79 Å². The molecule has 0 spiro atoms. The number of amides is 2. The number of fused-ring (bicyclic) bond motifs is 1. The fourth-order valence-electron chi connectivity index (χ4n) is 4.50.